The third-order valence-corrected chi connectivity index (χ3v) is 3.98. The Bertz CT molecular complexity index is 810. The van der Waals surface area contributed by atoms with Gasteiger partial charge in [-0.05, 0) is 54.8 Å². The number of halogens is 1. The van der Waals surface area contributed by atoms with Gasteiger partial charge in [-0.15, -0.1) is 0 Å². The Balaban J connectivity index is 1.85. The van der Waals surface area contributed by atoms with E-state index in [-0.39, 0.29) is 5.82 Å². The summed E-state index contributed by atoms with van der Waals surface area (Å²) in [6, 6.07) is 17.0. The zero-order valence-electron chi connectivity index (χ0n) is 13.9. The average molecular weight is 321 g/mol. The molecule has 24 heavy (non-hydrogen) atoms. The first kappa shape index (κ1) is 16.2. The third kappa shape index (κ3) is 3.46. The molecule has 0 spiro atoms. The number of aromatic nitrogens is 1. The lowest BCUT2D eigenvalue weighted by Gasteiger charge is -2.07. The summed E-state index contributed by atoms with van der Waals surface area (Å²) in [6.45, 7) is 4.62. The van der Waals surface area contributed by atoms with Crippen molar-refractivity contribution in [3.63, 3.8) is 0 Å². The van der Waals surface area contributed by atoms with Crippen LogP contribution in [0.3, 0.4) is 0 Å². The maximum atomic E-state index is 14.2. The topological polar surface area (TPSA) is 22.1 Å². The molecule has 0 aliphatic heterocycles. The standard InChI is InChI=1S/C21H20FNO/c1-3-15-5-11-19(20(22)13-15)21-12-8-17(14-23-21)16-6-9-18(10-7-16)24-4-2/h5-14H,3-4H2,1-2H3. The van der Waals surface area contributed by atoms with Gasteiger partial charge in [-0.25, -0.2) is 4.39 Å². The van der Waals surface area contributed by atoms with Gasteiger partial charge in [0.25, 0.3) is 0 Å². The summed E-state index contributed by atoms with van der Waals surface area (Å²) in [4.78, 5) is 4.43. The van der Waals surface area contributed by atoms with E-state index in [2.05, 4.69) is 4.98 Å². The van der Waals surface area contributed by atoms with Gasteiger partial charge in [0, 0.05) is 17.3 Å². The van der Waals surface area contributed by atoms with E-state index in [1.807, 2.05) is 56.3 Å². The van der Waals surface area contributed by atoms with Crippen LogP contribution in [0.1, 0.15) is 19.4 Å². The van der Waals surface area contributed by atoms with Crippen LogP contribution in [0, 0.1) is 5.82 Å². The molecule has 2 aromatic carbocycles. The number of hydrogen-bond donors (Lipinski definition) is 0. The monoisotopic (exact) mass is 321 g/mol. The van der Waals surface area contributed by atoms with Gasteiger partial charge in [0.05, 0.1) is 12.3 Å². The smallest absolute Gasteiger partial charge is 0.132 e. The largest absolute Gasteiger partial charge is 0.494 e. The second-order valence-electron chi connectivity index (χ2n) is 5.56. The van der Waals surface area contributed by atoms with Crippen LogP contribution in [0.4, 0.5) is 4.39 Å². The highest BCUT2D eigenvalue weighted by Gasteiger charge is 2.08. The fourth-order valence-corrected chi connectivity index (χ4v) is 2.62. The van der Waals surface area contributed by atoms with Crippen LogP contribution in [0.15, 0.2) is 60.8 Å². The van der Waals surface area contributed by atoms with E-state index in [1.165, 1.54) is 0 Å². The summed E-state index contributed by atoms with van der Waals surface area (Å²) in [5.41, 5.74) is 4.21. The van der Waals surface area contributed by atoms with Crippen molar-refractivity contribution >= 4 is 0 Å². The summed E-state index contributed by atoms with van der Waals surface area (Å²) in [6.07, 6.45) is 2.60. The van der Waals surface area contributed by atoms with Gasteiger partial charge >= 0.3 is 0 Å². The molecule has 1 aromatic heterocycles. The Labute approximate surface area is 142 Å². The van der Waals surface area contributed by atoms with Crippen molar-refractivity contribution in [3.8, 4) is 28.1 Å². The van der Waals surface area contributed by atoms with Crippen molar-refractivity contribution in [1.82, 2.24) is 4.98 Å². The lowest BCUT2D eigenvalue weighted by Crippen LogP contribution is -1.92. The molecular weight excluding hydrogens is 301 g/mol. The summed E-state index contributed by atoms with van der Waals surface area (Å²) in [5, 5.41) is 0. The molecule has 3 heteroatoms. The molecule has 0 saturated heterocycles. The second kappa shape index (κ2) is 7.26. The Hall–Kier alpha value is -2.68. The molecule has 122 valence electrons. The van der Waals surface area contributed by atoms with Crippen LogP contribution in [-0.2, 0) is 6.42 Å². The molecule has 0 bridgehead atoms. The predicted octanol–water partition coefficient (Wildman–Crippen LogP) is 5.52. The zero-order chi connectivity index (χ0) is 16.9. The van der Waals surface area contributed by atoms with E-state index >= 15 is 0 Å². The van der Waals surface area contributed by atoms with Crippen LogP contribution in [-0.4, -0.2) is 11.6 Å². The highest BCUT2D eigenvalue weighted by Crippen LogP contribution is 2.26. The summed E-state index contributed by atoms with van der Waals surface area (Å²) in [7, 11) is 0. The number of ether oxygens (including phenoxy) is 1. The van der Waals surface area contributed by atoms with Gasteiger partial charge in [-0.3, -0.25) is 4.98 Å². The fourth-order valence-electron chi connectivity index (χ4n) is 2.62. The van der Waals surface area contributed by atoms with E-state index in [9.17, 15) is 4.39 Å². The van der Waals surface area contributed by atoms with Gasteiger partial charge in [0.1, 0.15) is 11.6 Å². The first-order valence-corrected chi connectivity index (χ1v) is 8.19. The van der Waals surface area contributed by atoms with E-state index in [4.69, 9.17) is 4.74 Å². The number of nitrogens with zero attached hydrogens (tertiary/aromatic N) is 1. The summed E-state index contributed by atoms with van der Waals surface area (Å²) < 4.78 is 19.7. The lowest BCUT2D eigenvalue weighted by atomic mass is 10.0. The van der Waals surface area contributed by atoms with E-state index in [1.54, 1.807) is 18.3 Å². The molecule has 3 rings (SSSR count). The Morgan fingerprint density at radius 2 is 1.67 bits per heavy atom. The molecule has 0 amide bonds. The third-order valence-electron chi connectivity index (χ3n) is 3.98. The number of benzene rings is 2. The number of hydrogen-bond acceptors (Lipinski definition) is 2. The van der Waals surface area contributed by atoms with Crippen LogP contribution < -0.4 is 4.74 Å². The minimum atomic E-state index is -0.226. The van der Waals surface area contributed by atoms with E-state index < -0.39 is 0 Å². The minimum absolute atomic E-state index is 0.226. The van der Waals surface area contributed by atoms with Gasteiger partial charge in [0.2, 0.25) is 0 Å². The first-order chi connectivity index (χ1) is 11.7. The molecule has 0 N–H and O–H groups in total. The summed E-state index contributed by atoms with van der Waals surface area (Å²) in [5.74, 6) is 0.625. The van der Waals surface area contributed by atoms with Gasteiger partial charge < -0.3 is 4.74 Å². The maximum Gasteiger partial charge on any atom is 0.132 e. The minimum Gasteiger partial charge on any atom is -0.494 e. The number of rotatable bonds is 5. The highest BCUT2D eigenvalue weighted by atomic mass is 19.1. The Kier molecular flexibility index (Phi) is 4.90. The van der Waals surface area contributed by atoms with Crippen molar-refractivity contribution in [2.24, 2.45) is 0 Å². The predicted molar refractivity (Wildman–Crippen MR) is 95.6 cm³/mol. The molecule has 0 unspecified atom stereocenters. The van der Waals surface area contributed by atoms with E-state index in [0.717, 1.165) is 28.9 Å². The molecule has 1 heterocycles. The van der Waals surface area contributed by atoms with Crippen molar-refractivity contribution in [2.45, 2.75) is 20.3 Å². The van der Waals surface area contributed by atoms with Crippen LogP contribution in [0.2, 0.25) is 0 Å². The second-order valence-corrected chi connectivity index (χ2v) is 5.56. The van der Waals surface area contributed by atoms with Crippen molar-refractivity contribution in [3.05, 3.63) is 72.2 Å². The number of aryl methyl sites for hydroxylation is 1. The molecule has 0 atom stereocenters. The molecular formula is C21H20FNO. The van der Waals surface area contributed by atoms with Gasteiger partial charge in [0.15, 0.2) is 0 Å². The Morgan fingerprint density at radius 3 is 2.25 bits per heavy atom. The van der Waals surface area contributed by atoms with Gasteiger partial charge in [-0.1, -0.05) is 31.2 Å². The lowest BCUT2D eigenvalue weighted by molar-refractivity contribution is 0.340. The first-order valence-electron chi connectivity index (χ1n) is 8.19. The summed E-state index contributed by atoms with van der Waals surface area (Å²) >= 11 is 0. The van der Waals surface area contributed by atoms with Crippen LogP contribution in [0.5, 0.6) is 5.75 Å². The normalized spacial score (nSPS) is 10.6. The van der Waals surface area contributed by atoms with E-state index in [0.29, 0.717) is 17.9 Å². The van der Waals surface area contributed by atoms with Crippen molar-refractivity contribution < 1.29 is 9.13 Å². The quantitative estimate of drug-likeness (QED) is 0.617. The molecule has 3 aromatic rings. The average Bonchev–Trinajstić information content (AvgIpc) is 2.63. The molecule has 0 aliphatic carbocycles. The van der Waals surface area contributed by atoms with Crippen molar-refractivity contribution in [2.75, 3.05) is 6.61 Å². The zero-order valence-corrected chi connectivity index (χ0v) is 13.9. The fraction of sp³-hybridized carbons (Fsp3) is 0.190. The molecule has 0 radical (unpaired) electrons. The highest BCUT2D eigenvalue weighted by molar-refractivity contribution is 5.67. The van der Waals surface area contributed by atoms with Crippen LogP contribution in [0.25, 0.3) is 22.4 Å². The molecule has 0 fully saturated rings. The number of pyridine rings is 1. The Morgan fingerprint density at radius 1 is 0.917 bits per heavy atom. The van der Waals surface area contributed by atoms with Gasteiger partial charge in [-0.2, -0.15) is 0 Å². The van der Waals surface area contributed by atoms with Crippen molar-refractivity contribution in [1.29, 1.82) is 0 Å². The van der Waals surface area contributed by atoms with Crippen LogP contribution >= 0.6 is 0 Å². The molecule has 0 aliphatic rings. The molecule has 0 saturated carbocycles. The SMILES string of the molecule is CCOc1ccc(-c2ccc(-c3ccc(CC)cc3F)nc2)cc1. The maximum absolute atomic E-state index is 14.2. The molecule has 2 nitrogen and oxygen atoms in total.